The van der Waals surface area contributed by atoms with Crippen LogP contribution in [0.1, 0.15) is 21.6 Å². The SMILES string of the molecule is Cc1nc(NCC(Cl)c2ccccc2)c2cc(C)sc2n1. The lowest BCUT2D eigenvalue weighted by molar-refractivity contribution is 0.961. The molecule has 0 aliphatic rings. The van der Waals surface area contributed by atoms with Crippen molar-refractivity contribution in [2.75, 3.05) is 11.9 Å². The number of alkyl halides is 1. The van der Waals surface area contributed by atoms with Crippen LogP contribution in [-0.4, -0.2) is 16.5 Å². The van der Waals surface area contributed by atoms with E-state index in [1.165, 1.54) is 4.88 Å². The van der Waals surface area contributed by atoms with Gasteiger partial charge in [0.25, 0.3) is 0 Å². The highest BCUT2D eigenvalue weighted by molar-refractivity contribution is 7.18. The van der Waals surface area contributed by atoms with Crippen molar-refractivity contribution in [3.63, 3.8) is 0 Å². The molecule has 2 heterocycles. The summed E-state index contributed by atoms with van der Waals surface area (Å²) in [5, 5.41) is 4.35. The first-order chi connectivity index (χ1) is 10.1. The van der Waals surface area contributed by atoms with Crippen LogP contribution in [0.15, 0.2) is 36.4 Å². The van der Waals surface area contributed by atoms with E-state index in [0.29, 0.717) is 6.54 Å². The number of hydrogen-bond acceptors (Lipinski definition) is 4. The Hall–Kier alpha value is -1.65. The second-order valence-electron chi connectivity index (χ2n) is 4.95. The molecule has 3 rings (SSSR count). The van der Waals surface area contributed by atoms with Gasteiger partial charge in [-0.3, -0.25) is 0 Å². The van der Waals surface area contributed by atoms with Gasteiger partial charge in [0.1, 0.15) is 16.5 Å². The Balaban J connectivity index is 1.82. The molecule has 5 heteroatoms. The second kappa shape index (κ2) is 6.00. The van der Waals surface area contributed by atoms with Crippen molar-refractivity contribution in [3.05, 3.63) is 52.7 Å². The van der Waals surface area contributed by atoms with E-state index in [9.17, 15) is 0 Å². The van der Waals surface area contributed by atoms with Crippen LogP contribution in [0.2, 0.25) is 0 Å². The average molecular weight is 318 g/mol. The first-order valence-electron chi connectivity index (χ1n) is 6.81. The van der Waals surface area contributed by atoms with E-state index >= 15 is 0 Å². The molecule has 1 atom stereocenters. The highest BCUT2D eigenvalue weighted by Crippen LogP contribution is 2.29. The molecule has 108 valence electrons. The maximum atomic E-state index is 6.45. The Kier molecular flexibility index (Phi) is 4.08. The summed E-state index contributed by atoms with van der Waals surface area (Å²) in [4.78, 5) is 11.2. The van der Waals surface area contributed by atoms with E-state index in [0.717, 1.165) is 27.4 Å². The lowest BCUT2D eigenvalue weighted by atomic mass is 10.1. The highest BCUT2D eigenvalue weighted by Gasteiger charge is 2.11. The van der Waals surface area contributed by atoms with Crippen molar-refractivity contribution in [1.82, 2.24) is 9.97 Å². The van der Waals surface area contributed by atoms with Gasteiger partial charge in [0.05, 0.1) is 10.8 Å². The third-order valence-electron chi connectivity index (χ3n) is 3.24. The molecule has 0 aliphatic carbocycles. The van der Waals surface area contributed by atoms with E-state index in [1.807, 2.05) is 37.3 Å². The van der Waals surface area contributed by atoms with Crippen molar-refractivity contribution >= 4 is 39.0 Å². The van der Waals surface area contributed by atoms with Gasteiger partial charge in [-0.15, -0.1) is 22.9 Å². The van der Waals surface area contributed by atoms with E-state index in [1.54, 1.807) is 11.3 Å². The number of aromatic nitrogens is 2. The summed E-state index contributed by atoms with van der Waals surface area (Å²) in [6.07, 6.45) is 0. The predicted molar refractivity (Wildman–Crippen MR) is 90.4 cm³/mol. The predicted octanol–water partition coefficient (Wildman–Crippen LogP) is 4.70. The van der Waals surface area contributed by atoms with Crippen LogP contribution in [-0.2, 0) is 0 Å². The molecule has 3 nitrogen and oxygen atoms in total. The summed E-state index contributed by atoms with van der Waals surface area (Å²) in [6, 6.07) is 12.2. The van der Waals surface area contributed by atoms with Crippen LogP contribution < -0.4 is 5.32 Å². The van der Waals surface area contributed by atoms with Crippen LogP contribution >= 0.6 is 22.9 Å². The van der Waals surface area contributed by atoms with E-state index in [4.69, 9.17) is 11.6 Å². The molecule has 1 unspecified atom stereocenters. The molecule has 1 N–H and O–H groups in total. The van der Waals surface area contributed by atoms with Crippen molar-refractivity contribution in [2.45, 2.75) is 19.2 Å². The first kappa shape index (κ1) is 14.3. The van der Waals surface area contributed by atoms with E-state index in [2.05, 4.69) is 28.3 Å². The molecule has 0 fully saturated rings. The van der Waals surface area contributed by atoms with Gasteiger partial charge >= 0.3 is 0 Å². The maximum Gasteiger partial charge on any atom is 0.138 e. The van der Waals surface area contributed by atoms with Gasteiger partial charge in [0, 0.05) is 11.4 Å². The number of anilines is 1. The summed E-state index contributed by atoms with van der Waals surface area (Å²) in [7, 11) is 0. The average Bonchev–Trinajstić information content (AvgIpc) is 2.85. The van der Waals surface area contributed by atoms with Crippen LogP contribution in [0, 0.1) is 13.8 Å². The van der Waals surface area contributed by atoms with Crippen LogP contribution in [0.5, 0.6) is 0 Å². The quantitative estimate of drug-likeness (QED) is 0.709. The number of rotatable bonds is 4. The zero-order valence-corrected chi connectivity index (χ0v) is 13.5. The zero-order chi connectivity index (χ0) is 14.8. The summed E-state index contributed by atoms with van der Waals surface area (Å²) in [6.45, 7) is 4.63. The molecule has 0 bridgehead atoms. The molecule has 0 saturated carbocycles. The minimum Gasteiger partial charge on any atom is -0.368 e. The van der Waals surface area contributed by atoms with Gasteiger partial charge < -0.3 is 5.32 Å². The van der Waals surface area contributed by atoms with Crippen molar-refractivity contribution in [1.29, 1.82) is 0 Å². The molecular formula is C16H16ClN3S. The summed E-state index contributed by atoms with van der Waals surface area (Å²) in [5.41, 5.74) is 1.11. The monoisotopic (exact) mass is 317 g/mol. The molecule has 0 amide bonds. The van der Waals surface area contributed by atoms with E-state index < -0.39 is 0 Å². The molecule has 1 aromatic carbocycles. The smallest absolute Gasteiger partial charge is 0.138 e. The summed E-state index contributed by atoms with van der Waals surface area (Å²) in [5.74, 6) is 1.64. The minimum absolute atomic E-state index is 0.0868. The highest BCUT2D eigenvalue weighted by atomic mass is 35.5. The molecule has 21 heavy (non-hydrogen) atoms. The standard InChI is InChI=1S/C16H16ClN3S/c1-10-8-13-15(19-11(2)20-16(13)21-10)18-9-14(17)12-6-4-3-5-7-12/h3-8,14H,9H2,1-2H3,(H,18,19,20). The third kappa shape index (κ3) is 3.17. The Labute approximate surface area is 133 Å². The number of hydrogen-bond donors (Lipinski definition) is 1. The molecule has 0 saturated heterocycles. The van der Waals surface area contributed by atoms with Gasteiger partial charge in [-0.2, -0.15) is 0 Å². The van der Waals surface area contributed by atoms with Crippen LogP contribution in [0.3, 0.4) is 0 Å². The fraction of sp³-hybridized carbons (Fsp3) is 0.250. The van der Waals surface area contributed by atoms with Gasteiger partial charge in [-0.05, 0) is 25.5 Å². The Morgan fingerprint density at radius 1 is 1.19 bits per heavy atom. The Morgan fingerprint density at radius 3 is 2.71 bits per heavy atom. The fourth-order valence-electron chi connectivity index (χ4n) is 2.25. The topological polar surface area (TPSA) is 37.8 Å². The van der Waals surface area contributed by atoms with Crippen molar-refractivity contribution in [3.8, 4) is 0 Å². The zero-order valence-electron chi connectivity index (χ0n) is 11.9. The van der Waals surface area contributed by atoms with Gasteiger partial charge in [0.2, 0.25) is 0 Å². The fourth-order valence-corrected chi connectivity index (χ4v) is 3.40. The molecule has 2 aromatic heterocycles. The number of halogens is 1. The second-order valence-corrected chi connectivity index (χ2v) is 6.72. The molecule has 0 spiro atoms. The van der Waals surface area contributed by atoms with Crippen LogP contribution in [0.4, 0.5) is 5.82 Å². The van der Waals surface area contributed by atoms with Crippen LogP contribution in [0.25, 0.3) is 10.2 Å². The molecule has 3 aromatic rings. The number of thiophene rings is 1. The van der Waals surface area contributed by atoms with E-state index in [-0.39, 0.29) is 5.38 Å². The maximum absolute atomic E-state index is 6.45. The summed E-state index contributed by atoms with van der Waals surface area (Å²) >= 11 is 8.14. The van der Waals surface area contributed by atoms with Crippen molar-refractivity contribution < 1.29 is 0 Å². The normalized spacial score (nSPS) is 12.5. The number of fused-ring (bicyclic) bond motifs is 1. The number of aryl methyl sites for hydroxylation is 2. The van der Waals surface area contributed by atoms with Gasteiger partial charge in [-0.25, -0.2) is 9.97 Å². The Bertz CT molecular complexity index is 755. The molecule has 0 radical (unpaired) electrons. The van der Waals surface area contributed by atoms with Crippen molar-refractivity contribution in [2.24, 2.45) is 0 Å². The number of nitrogens with one attached hydrogen (secondary N) is 1. The number of benzene rings is 1. The molecular weight excluding hydrogens is 302 g/mol. The molecule has 0 aliphatic heterocycles. The first-order valence-corrected chi connectivity index (χ1v) is 8.06. The largest absolute Gasteiger partial charge is 0.368 e. The lowest BCUT2D eigenvalue weighted by Crippen LogP contribution is -2.10. The Morgan fingerprint density at radius 2 is 1.95 bits per heavy atom. The third-order valence-corrected chi connectivity index (χ3v) is 4.59. The van der Waals surface area contributed by atoms with Gasteiger partial charge in [-0.1, -0.05) is 30.3 Å². The minimum atomic E-state index is -0.0868. The summed E-state index contributed by atoms with van der Waals surface area (Å²) < 4.78 is 0. The van der Waals surface area contributed by atoms with Gasteiger partial charge in [0.15, 0.2) is 0 Å². The lowest BCUT2D eigenvalue weighted by Gasteiger charge is -2.12. The number of nitrogens with zero attached hydrogens (tertiary/aromatic N) is 2.